The predicted molar refractivity (Wildman–Crippen MR) is 456 cm³/mol. The number of ether oxygens (including phenoxy) is 6. The molecule has 32 heteroatoms. The average Bonchev–Trinajstić information content (AvgIpc) is 0.935. The van der Waals surface area contributed by atoms with Gasteiger partial charge in [-0.15, -0.1) is 0 Å². The normalized spacial score (nSPS) is 18.9. The largest absolute Gasteiger partial charge is 0.496 e. The van der Waals surface area contributed by atoms with E-state index in [1.165, 1.54) is 14.2 Å². The SMILES string of the molecule is COC(=O)C1CC(CN2CCc3nc(C(=O)Nc4cccc(-c5ccnc(-c6ccc(CN(C[C@@H]7CCC(=O)N7)C(=O)OC(C)(C)C)c(OC)c6)c5Cl)c4Cl)n(C)c3C2)C1.COC(=O)C1CC(CN2CCc3nc(C(=O)Nc4cccc(-c5ccnc(-c6ccc(CN(C[C@@H]7CCC(=O)N7)C(=O)OC(C)(C)C)c(OC)c6)c5Cl)c4Cl)n(C)c3C2)C1. The summed E-state index contributed by atoms with van der Waals surface area (Å²) in [6, 6.07) is 24.9. The number of halogens is 4. The molecule has 4 N–H and O–H groups in total. The van der Waals surface area contributed by atoms with E-state index < -0.39 is 23.4 Å². The number of benzene rings is 4. The van der Waals surface area contributed by atoms with Gasteiger partial charge in [-0.2, -0.15) is 0 Å². The maximum absolute atomic E-state index is 13.8. The average molecular weight is 1720 g/mol. The molecule has 28 nitrogen and oxygen atoms in total. The van der Waals surface area contributed by atoms with Crippen LogP contribution >= 0.6 is 46.4 Å². The zero-order valence-electron chi connectivity index (χ0n) is 69.5. The van der Waals surface area contributed by atoms with Crippen LogP contribution in [0.5, 0.6) is 11.5 Å². The van der Waals surface area contributed by atoms with Crippen molar-refractivity contribution < 1.29 is 66.8 Å². The van der Waals surface area contributed by atoms with Crippen molar-refractivity contribution in [2.75, 3.05) is 78.3 Å². The Balaban J connectivity index is 0.000000207. The Hall–Kier alpha value is -10.4. The molecule has 636 valence electrons. The molecule has 0 unspecified atom stereocenters. The number of methoxy groups -OCH3 is 4. The monoisotopic (exact) mass is 1720 g/mol. The first-order chi connectivity index (χ1) is 57.2. The highest BCUT2D eigenvalue weighted by Gasteiger charge is 2.40. The van der Waals surface area contributed by atoms with Gasteiger partial charge in [0.1, 0.15) is 22.7 Å². The Morgan fingerprint density at radius 1 is 0.517 bits per heavy atom. The molecule has 4 fully saturated rings. The van der Waals surface area contributed by atoms with Crippen molar-refractivity contribution in [2.45, 2.75) is 155 Å². The second kappa shape index (κ2) is 37.3. The van der Waals surface area contributed by atoms with Crippen LogP contribution in [-0.4, -0.2) is 187 Å². The van der Waals surface area contributed by atoms with Crippen molar-refractivity contribution >= 4 is 106 Å². The van der Waals surface area contributed by atoms with Gasteiger partial charge >= 0.3 is 24.1 Å². The minimum absolute atomic E-state index is 0.00612. The second-order valence-corrected chi connectivity index (χ2v) is 35.0. The number of anilines is 2. The number of carbonyl (C=O) groups excluding carboxylic acids is 8. The van der Waals surface area contributed by atoms with E-state index in [0.29, 0.717) is 150 Å². The number of fused-ring (bicyclic) bond motifs is 2. The summed E-state index contributed by atoms with van der Waals surface area (Å²) >= 11 is 28.3. The number of nitrogens with zero attached hydrogens (tertiary/aromatic N) is 10. The van der Waals surface area contributed by atoms with Gasteiger partial charge in [0.2, 0.25) is 11.8 Å². The maximum atomic E-state index is 13.8. The topological polar surface area (TPSA) is 314 Å². The zero-order chi connectivity index (χ0) is 85.8. The lowest BCUT2D eigenvalue weighted by Gasteiger charge is -2.38. The van der Waals surface area contributed by atoms with E-state index in [4.69, 9.17) is 84.8 Å². The van der Waals surface area contributed by atoms with Crippen LogP contribution in [0.1, 0.15) is 148 Å². The molecular weight excluding hydrogens is 1620 g/mol. The highest BCUT2D eigenvalue weighted by atomic mass is 35.5. The van der Waals surface area contributed by atoms with Gasteiger partial charge in [-0.1, -0.05) is 94.9 Å². The Kier molecular flexibility index (Phi) is 27.2. The summed E-state index contributed by atoms with van der Waals surface area (Å²) in [6.07, 6.45) is 9.18. The highest BCUT2D eigenvalue weighted by molar-refractivity contribution is 6.40. The lowest BCUT2D eigenvalue weighted by Crippen LogP contribution is -2.43. The molecule has 2 atom stereocenters. The van der Waals surface area contributed by atoms with Gasteiger partial charge in [-0.05, 0) is 128 Å². The summed E-state index contributed by atoms with van der Waals surface area (Å²) in [7, 11) is 9.68. The molecule has 0 radical (unpaired) electrons. The lowest BCUT2D eigenvalue weighted by atomic mass is 9.74. The molecule has 14 rings (SSSR count). The molecule has 6 aliphatic rings. The van der Waals surface area contributed by atoms with Crippen LogP contribution < -0.4 is 30.7 Å². The number of imidazole rings is 2. The van der Waals surface area contributed by atoms with E-state index >= 15 is 0 Å². The molecule has 4 aromatic heterocycles. The van der Waals surface area contributed by atoms with Crippen molar-refractivity contribution in [2.24, 2.45) is 37.8 Å². The highest BCUT2D eigenvalue weighted by Crippen LogP contribution is 2.45. The van der Waals surface area contributed by atoms with Crippen molar-refractivity contribution in [1.29, 1.82) is 0 Å². The summed E-state index contributed by atoms with van der Waals surface area (Å²) in [4.78, 5) is 128. The third kappa shape index (κ3) is 20.3. The first-order valence-corrected chi connectivity index (χ1v) is 41.8. The lowest BCUT2D eigenvalue weighted by molar-refractivity contribution is -0.151. The molecule has 4 aromatic carbocycles. The first-order valence-electron chi connectivity index (χ1n) is 40.3. The van der Waals surface area contributed by atoms with E-state index in [1.807, 2.05) is 113 Å². The van der Waals surface area contributed by atoms with Crippen LogP contribution in [0.2, 0.25) is 20.1 Å². The molecule has 0 bridgehead atoms. The number of esters is 2. The van der Waals surface area contributed by atoms with Crippen LogP contribution in [0.4, 0.5) is 21.0 Å². The van der Waals surface area contributed by atoms with Crippen molar-refractivity contribution in [3.63, 3.8) is 0 Å². The Labute approximate surface area is 717 Å². The van der Waals surface area contributed by atoms with E-state index in [-0.39, 0.29) is 85.7 Å². The fourth-order valence-electron chi connectivity index (χ4n) is 16.4. The molecule has 2 aliphatic carbocycles. The van der Waals surface area contributed by atoms with Gasteiger partial charge in [0.25, 0.3) is 11.8 Å². The van der Waals surface area contributed by atoms with E-state index in [0.717, 1.165) is 98.6 Å². The van der Waals surface area contributed by atoms with E-state index in [2.05, 4.69) is 41.0 Å². The number of hydrogen-bond acceptors (Lipinski definition) is 20. The summed E-state index contributed by atoms with van der Waals surface area (Å²) < 4.78 is 36.5. The van der Waals surface area contributed by atoms with Crippen LogP contribution in [-0.2, 0) is 91.2 Å². The summed E-state index contributed by atoms with van der Waals surface area (Å²) in [5, 5.41) is 13.1. The molecule has 2 saturated heterocycles. The zero-order valence-corrected chi connectivity index (χ0v) is 72.6. The first kappa shape index (κ1) is 87.5. The van der Waals surface area contributed by atoms with Crippen LogP contribution in [0.15, 0.2) is 97.3 Å². The van der Waals surface area contributed by atoms with Gasteiger partial charge in [-0.3, -0.25) is 48.5 Å². The molecular formula is C88H102Cl4N14O14. The van der Waals surface area contributed by atoms with Gasteiger partial charge in [0, 0.05) is 161 Å². The Morgan fingerprint density at radius 2 is 0.900 bits per heavy atom. The van der Waals surface area contributed by atoms with Crippen molar-refractivity contribution in [3.05, 3.63) is 163 Å². The number of carbonyl (C=O) groups is 8. The van der Waals surface area contributed by atoms with Gasteiger partial charge in [-0.25, -0.2) is 19.6 Å². The fourth-order valence-corrected chi connectivity index (χ4v) is 17.6. The fraction of sp³-hybridized carbons (Fsp3) is 0.455. The summed E-state index contributed by atoms with van der Waals surface area (Å²) in [5.41, 5.74) is 9.36. The van der Waals surface area contributed by atoms with Crippen LogP contribution in [0.25, 0.3) is 44.8 Å². The number of pyridine rings is 2. The molecule has 120 heavy (non-hydrogen) atoms. The number of nitrogens with one attached hydrogen (secondary N) is 4. The van der Waals surface area contributed by atoms with Crippen LogP contribution in [0.3, 0.4) is 0 Å². The third-order valence-corrected chi connectivity index (χ3v) is 24.3. The molecule has 8 heterocycles. The van der Waals surface area contributed by atoms with Gasteiger partial charge in [0.05, 0.1) is 119 Å². The number of aromatic nitrogens is 6. The molecule has 8 aromatic rings. The van der Waals surface area contributed by atoms with Crippen molar-refractivity contribution in [3.8, 4) is 56.3 Å². The quantitative estimate of drug-likeness (QED) is 0.0323. The summed E-state index contributed by atoms with van der Waals surface area (Å²) in [6.45, 7) is 16.6. The minimum Gasteiger partial charge on any atom is -0.496 e. The summed E-state index contributed by atoms with van der Waals surface area (Å²) in [5.74, 6) is 1.38. The number of amides is 6. The van der Waals surface area contributed by atoms with Gasteiger partial charge in [0.15, 0.2) is 11.6 Å². The number of hydrogen-bond donors (Lipinski definition) is 4. The standard InChI is InChI=1S/2C44H51Cl2N7O7/c2*1-44(2,3)60-43(57)53(23-29-12-13-36(54)48-29)22-27-11-10-26(20-35(27)58-5)39-38(46)31(14-16-47-39)30-8-7-9-33(37(30)45)50-41(55)40-49-32-15-17-52(24-34(32)51(40)4)21-25-18-28(19-25)42(56)59-6/h2*7-11,14,16,20,25,28-29H,12-13,15,17-19,21-24H2,1-6H3,(H,48,54)(H,50,55)/t2*25?,28?,29-/m00/s1. The second-order valence-electron chi connectivity index (χ2n) is 33.5. The minimum atomic E-state index is -0.707. The van der Waals surface area contributed by atoms with E-state index in [1.54, 1.807) is 72.8 Å². The smallest absolute Gasteiger partial charge is 0.410 e. The maximum Gasteiger partial charge on any atom is 0.410 e. The molecule has 4 aliphatic heterocycles. The number of rotatable bonds is 24. The van der Waals surface area contributed by atoms with E-state index in [9.17, 15) is 38.4 Å². The molecule has 2 saturated carbocycles. The van der Waals surface area contributed by atoms with Crippen LogP contribution in [0, 0.1) is 23.7 Å². The third-order valence-electron chi connectivity index (χ3n) is 22.7. The van der Waals surface area contributed by atoms with Gasteiger partial charge < -0.3 is 68.6 Å². The Morgan fingerprint density at radius 3 is 1.25 bits per heavy atom. The van der Waals surface area contributed by atoms with Crippen molar-refractivity contribution in [1.82, 2.24) is 59.3 Å². The molecule has 0 spiro atoms. The predicted octanol–water partition coefficient (Wildman–Crippen LogP) is 14.6. The Bertz CT molecular complexity index is 4920. The molecule has 6 amide bonds.